The van der Waals surface area contributed by atoms with Crippen molar-refractivity contribution >= 4 is 11.8 Å². The molecule has 0 aliphatic rings. The van der Waals surface area contributed by atoms with Gasteiger partial charge in [-0.05, 0) is 44.9 Å². The summed E-state index contributed by atoms with van der Waals surface area (Å²) in [5, 5.41) is 4.20. The quantitative estimate of drug-likeness (QED) is 0.720. The van der Waals surface area contributed by atoms with Gasteiger partial charge in [-0.3, -0.25) is 0 Å². The third kappa shape index (κ3) is 2.93. The van der Waals surface area contributed by atoms with Gasteiger partial charge in [0.25, 0.3) is 0 Å². The molecule has 2 nitrogen and oxygen atoms in total. The van der Waals surface area contributed by atoms with Gasteiger partial charge in [0.2, 0.25) is 0 Å². The van der Waals surface area contributed by atoms with Crippen molar-refractivity contribution in [1.29, 1.82) is 0 Å². The van der Waals surface area contributed by atoms with Gasteiger partial charge in [-0.15, -0.1) is 0 Å². The zero-order valence-electron chi connectivity index (χ0n) is 10.9. The summed E-state index contributed by atoms with van der Waals surface area (Å²) in [6.45, 7) is 14.3. The van der Waals surface area contributed by atoms with E-state index < -0.39 is 5.67 Å². The van der Waals surface area contributed by atoms with E-state index in [9.17, 15) is 4.39 Å². The van der Waals surface area contributed by atoms with Crippen molar-refractivity contribution < 1.29 is 4.39 Å². The number of halogens is 1. The molecule has 0 radical (unpaired) electrons. The number of aromatic nitrogens is 2. The van der Waals surface area contributed by atoms with Gasteiger partial charge in [0.15, 0.2) is 0 Å². The third-order valence-electron chi connectivity index (χ3n) is 2.56. The van der Waals surface area contributed by atoms with E-state index in [0.717, 1.165) is 17.0 Å². The van der Waals surface area contributed by atoms with E-state index in [2.05, 4.69) is 18.3 Å². The summed E-state index contributed by atoms with van der Waals surface area (Å²) in [5.41, 5.74) is 1.74. The van der Waals surface area contributed by atoms with Gasteiger partial charge in [0.05, 0.1) is 11.9 Å². The zero-order chi connectivity index (χ0) is 13.2. The fraction of sp³-hybridized carbons (Fsp3) is 0.357. The summed E-state index contributed by atoms with van der Waals surface area (Å²) >= 11 is 0. The summed E-state index contributed by atoms with van der Waals surface area (Å²) in [6, 6.07) is 0. The van der Waals surface area contributed by atoms with Gasteiger partial charge >= 0.3 is 0 Å². The van der Waals surface area contributed by atoms with Crippen molar-refractivity contribution in [3.05, 3.63) is 42.3 Å². The summed E-state index contributed by atoms with van der Waals surface area (Å²) < 4.78 is 15.6. The highest BCUT2D eigenvalue weighted by Gasteiger charge is 2.20. The number of hydrogen-bond acceptors (Lipinski definition) is 1. The number of nitrogens with zero attached hydrogens (tertiary/aromatic N) is 2. The molecule has 3 heteroatoms. The van der Waals surface area contributed by atoms with E-state index in [1.807, 2.05) is 13.8 Å². The van der Waals surface area contributed by atoms with E-state index in [1.54, 1.807) is 17.0 Å². The lowest BCUT2D eigenvalue weighted by Gasteiger charge is -2.16. The van der Waals surface area contributed by atoms with Crippen LogP contribution in [0.5, 0.6) is 0 Å². The predicted octanol–water partition coefficient (Wildman–Crippen LogP) is 4.00. The van der Waals surface area contributed by atoms with Crippen LogP contribution in [0.2, 0.25) is 0 Å². The molecule has 0 fully saturated rings. The van der Waals surface area contributed by atoms with Crippen molar-refractivity contribution in [3.8, 4) is 0 Å². The smallest absolute Gasteiger partial charge is 0.130 e. The molecule has 0 saturated carbocycles. The van der Waals surface area contributed by atoms with Crippen molar-refractivity contribution in [3.63, 3.8) is 0 Å². The lowest BCUT2D eigenvalue weighted by atomic mass is 9.98. The van der Waals surface area contributed by atoms with Crippen LogP contribution in [0.4, 0.5) is 4.39 Å². The Morgan fingerprint density at radius 1 is 1.53 bits per heavy atom. The SMILES string of the molecule is C=C/C(=C\c1c(C)cnn1C(=C)C)C(C)(C)F. The topological polar surface area (TPSA) is 17.8 Å². The standard InChI is InChI=1S/C14H19FN2/c1-7-12(14(5,6)15)8-13-11(4)9-16-17(13)10(2)3/h7-9H,1-2H2,3-6H3/b12-8+. The maximum atomic E-state index is 13.9. The van der Waals surface area contributed by atoms with Gasteiger partial charge in [0, 0.05) is 5.70 Å². The van der Waals surface area contributed by atoms with Crippen molar-refractivity contribution in [2.24, 2.45) is 0 Å². The molecule has 0 aromatic carbocycles. The van der Waals surface area contributed by atoms with Crippen LogP contribution in [0.3, 0.4) is 0 Å². The Labute approximate surface area is 102 Å². The van der Waals surface area contributed by atoms with Crippen LogP contribution in [0.1, 0.15) is 32.0 Å². The molecule has 0 bridgehead atoms. The summed E-state index contributed by atoms with van der Waals surface area (Å²) in [5.74, 6) is 0. The average Bonchev–Trinajstić information content (AvgIpc) is 2.54. The Hall–Kier alpha value is -1.64. The van der Waals surface area contributed by atoms with Gasteiger partial charge in [-0.25, -0.2) is 9.07 Å². The molecule has 0 saturated heterocycles. The first-order valence-electron chi connectivity index (χ1n) is 5.51. The lowest BCUT2D eigenvalue weighted by Crippen LogP contribution is -2.14. The Kier molecular flexibility index (Phi) is 3.71. The molecular formula is C14H19FN2. The molecule has 92 valence electrons. The highest BCUT2D eigenvalue weighted by Crippen LogP contribution is 2.25. The molecule has 0 atom stereocenters. The summed E-state index contributed by atoms with van der Waals surface area (Å²) in [7, 11) is 0. The van der Waals surface area contributed by atoms with Crippen molar-refractivity contribution in [2.45, 2.75) is 33.4 Å². The van der Waals surface area contributed by atoms with Crippen molar-refractivity contribution in [1.82, 2.24) is 9.78 Å². The molecule has 1 aromatic rings. The molecular weight excluding hydrogens is 215 g/mol. The van der Waals surface area contributed by atoms with E-state index >= 15 is 0 Å². The fourth-order valence-electron chi connectivity index (χ4n) is 1.54. The predicted molar refractivity (Wildman–Crippen MR) is 71.3 cm³/mol. The number of rotatable bonds is 4. The Bertz CT molecular complexity index is 473. The molecule has 0 aliphatic heterocycles. The molecule has 0 N–H and O–H groups in total. The van der Waals surface area contributed by atoms with Crippen molar-refractivity contribution in [2.75, 3.05) is 0 Å². The molecule has 0 spiro atoms. The third-order valence-corrected chi connectivity index (χ3v) is 2.56. The number of alkyl halides is 1. The van der Waals surface area contributed by atoms with Gasteiger partial charge in [-0.1, -0.05) is 19.2 Å². The minimum Gasteiger partial charge on any atom is -0.239 e. The average molecular weight is 234 g/mol. The zero-order valence-corrected chi connectivity index (χ0v) is 10.9. The first-order valence-corrected chi connectivity index (χ1v) is 5.51. The van der Waals surface area contributed by atoms with Gasteiger partial charge < -0.3 is 0 Å². The van der Waals surface area contributed by atoms with Crippen LogP contribution in [0, 0.1) is 6.92 Å². The Morgan fingerprint density at radius 2 is 2.12 bits per heavy atom. The van der Waals surface area contributed by atoms with Gasteiger partial charge in [0.1, 0.15) is 5.67 Å². The second-order valence-corrected chi connectivity index (χ2v) is 4.64. The first-order chi connectivity index (χ1) is 7.77. The highest BCUT2D eigenvalue weighted by atomic mass is 19.1. The molecule has 0 unspecified atom stereocenters. The van der Waals surface area contributed by atoms with Gasteiger partial charge in [-0.2, -0.15) is 5.10 Å². The minimum absolute atomic E-state index is 0.531. The first kappa shape index (κ1) is 13.4. The monoisotopic (exact) mass is 234 g/mol. The fourth-order valence-corrected chi connectivity index (χ4v) is 1.54. The molecule has 1 rings (SSSR count). The number of allylic oxidation sites excluding steroid dienone is 3. The largest absolute Gasteiger partial charge is 0.239 e. The summed E-state index contributed by atoms with van der Waals surface area (Å²) in [4.78, 5) is 0. The molecule has 0 aliphatic carbocycles. The van der Waals surface area contributed by atoms with Crippen LogP contribution in [-0.2, 0) is 0 Å². The minimum atomic E-state index is -1.42. The van der Waals surface area contributed by atoms with E-state index in [0.29, 0.717) is 5.57 Å². The second-order valence-electron chi connectivity index (χ2n) is 4.64. The van der Waals surface area contributed by atoms with E-state index in [4.69, 9.17) is 0 Å². The maximum absolute atomic E-state index is 13.9. The van der Waals surface area contributed by atoms with Crippen LogP contribution in [0.15, 0.2) is 31.0 Å². The second kappa shape index (κ2) is 4.70. The van der Waals surface area contributed by atoms with Crippen LogP contribution < -0.4 is 0 Å². The number of hydrogen-bond donors (Lipinski definition) is 0. The van der Waals surface area contributed by atoms with E-state index in [1.165, 1.54) is 19.9 Å². The highest BCUT2D eigenvalue weighted by molar-refractivity contribution is 5.61. The molecule has 1 heterocycles. The lowest BCUT2D eigenvalue weighted by molar-refractivity contribution is 0.275. The molecule has 1 aromatic heterocycles. The van der Waals surface area contributed by atoms with Crippen LogP contribution in [0.25, 0.3) is 11.8 Å². The normalized spacial score (nSPS) is 12.6. The van der Waals surface area contributed by atoms with Crippen LogP contribution in [-0.4, -0.2) is 15.4 Å². The van der Waals surface area contributed by atoms with Crippen LogP contribution >= 0.6 is 0 Å². The molecule has 17 heavy (non-hydrogen) atoms. The Morgan fingerprint density at radius 3 is 2.53 bits per heavy atom. The summed E-state index contributed by atoms with van der Waals surface area (Å²) in [6.07, 6.45) is 5.05. The maximum Gasteiger partial charge on any atom is 0.130 e. The molecule has 0 amide bonds. The number of aryl methyl sites for hydroxylation is 1. The van der Waals surface area contributed by atoms with E-state index in [-0.39, 0.29) is 0 Å². The Balaban J connectivity index is 3.34.